The summed E-state index contributed by atoms with van der Waals surface area (Å²) in [6.45, 7) is 11.7. The zero-order valence-electron chi connectivity index (χ0n) is 13.3. The third-order valence-corrected chi connectivity index (χ3v) is 4.08. The number of nitrogens with one attached hydrogen (secondary N) is 1. The molecule has 0 amide bonds. The van der Waals surface area contributed by atoms with Crippen molar-refractivity contribution in [3.05, 3.63) is 35.4 Å². The summed E-state index contributed by atoms with van der Waals surface area (Å²) in [5.41, 5.74) is 0.672. The highest BCUT2D eigenvalue weighted by Gasteiger charge is 2.24. The molecular weight excluding hydrogens is 256 g/mol. The van der Waals surface area contributed by atoms with E-state index >= 15 is 0 Å². The van der Waals surface area contributed by atoms with Crippen LogP contribution in [-0.2, 0) is 6.42 Å². The molecule has 3 heteroatoms. The highest BCUT2D eigenvalue weighted by molar-refractivity contribution is 5.19. The molecule has 0 aromatic heterocycles. The predicted octanol–water partition coefficient (Wildman–Crippen LogP) is 4.56. The normalized spacial score (nSPS) is 15.2. The van der Waals surface area contributed by atoms with Crippen LogP contribution in [-0.4, -0.2) is 12.6 Å². The van der Waals surface area contributed by atoms with Gasteiger partial charge in [-0.05, 0) is 54.5 Å². The Balaban J connectivity index is 2.79. The Kier molecular flexibility index (Phi) is 6.12. The topological polar surface area (TPSA) is 12.0 Å². The Hall–Kier alpha value is -0.960. The van der Waals surface area contributed by atoms with Gasteiger partial charge in [-0.25, -0.2) is 8.78 Å². The first kappa shape index (κ1) is 17.1. The molecule has 2 atom stereocenters. The zero-order chi connectivity index (χ0) is 15.3. The molecular formula is C17H27F2N. The SMILES string of the molecule is CCNC(Cc1cc(F)ccc1F)CC(C)C(C)(C)C. The smallest absolute Gasteiger partial charge is 0.126 e. The first-order valence-electron chi connectivity index (χ1n) is 7.41. The fraction of sp³-hybridized carbons (Fsp3) is 0.647. The van der Waals surface area contributed by atoms with Crippen molar-refractivity contribution in [1.82, 2.24) is 5.32 Å². The molecule has 1 rings (SSSR count). The summed E-state index contributed by atoms with van der Waals surface area (Å²) in [7, 11) is 0. The van der Waals surface area contributed by atoms with Crippen molar-refractivity contribution in [3.8, 4) is 0 Å². The number of hydrogen-bond acceptors (Lipinski definition) is 1. The van der Waals surface area contributed by atoms with Gasteiger partial charge in [0, 0.05) is 6.04 Å². The van der Waals surface area contributed by atoms with Crippen molar-refractivity contribution in [2.24, 2.45) is 11.3 Å². The fourth-order valence-electron chi connectivity index (χ4n) is 2.27. The molecule has 1 N–H and O–H groups in total. The quantitative estimate of drug-likeness (QED) is 0.807. The molecule has 0 fully saturated rings. The van der Waals surface area contributed by atoms with E-state index in [9.17, 15) is 8.78 Å². The van der Waals surface area contributed by atoms with E-state index in [4.69, 9.17) is 0 Å². The standard InChI is InChI=1S/C17H27F2N/c1-6-20-15(9-12(2)17(3,4)5)11-13-10-14(18)7-8-16(13)19/h7-8,10,12,15,20H,6,9,11H2,1-5H3. The Bertz CT molecular complexity index is 423. The molecule has 0 spiro atoms. The third-order valence-electron chi connectivity index (χ3n) is 4.08. The van der Waals surface area contributed by atoms with E-state index in [-0.39, 0.29) is 23.1 Å². The average molecular weight is 283 g/mol. The van der Waals surface area contributed by atoms with Crippen molar-refractivity contribution in [3.63, 3.8) is 0 Å². The molecule has 0 aliphatic rings. The van der Waals surface area contributed by atoms with Gasteiger partial charge in [-0.2, -0.15) is 0 Å². The molecule has 2 unspecified atom stereocenters. The van der Waals surface area contributed by atoms with Crippen LogP contribution in [0.5, 0.6) is 0 Å². The van der Waals surface area contributed by atoms with Crippen LogP contribution >= 0.6 is 0 Å². The third kappa shape index (κ3) is 5.20. The lowest BCUT2D eigenvalue weighted by Gasteiger charge is -2.31. The predicted molar refractivity (Wildman–Crippen MR) is 80.8 cm³/mol. The minimum atomic E-state index is -0.375. The maximum Gasteiger partial charge on any atom is 0.126 e. The van der Waals surface area contributed by atoms with Gasteiger partial charge in [0.1, 0.15) is 11.6 Å². The van der Waals surface area contributed by atoms with Gasteiger partial charge in [0.05, 0.1) is 0 Å². The molecule has 0 saturated carbocycles. The molecule has 0 aliphatic heterocycles. The minimum absolute atomic E-state index is 0.172. The van der Waals surface area contributed by atoms with E-state index in [0.717, 1.165) is 13.0 Å². The molecule has 1 nitrogen and oxygen atoms in total. The maximum atomic E-state index is 13.7. The fourth-order valence-corrected chi connectivity index (χ4v) is 2.27. The molecule has 0 heterocycles. The van der Waals surface area contributed by atoms with E-state index in [1.165, 1.54) is 18.2 Å². The number of benzene rings is 1. The molecule has 1 aromatic carbocycles. The maximum absolute atomic E-state index is 13.7. The highest BCUT2D eigenvalue weighted by Crippen LogP contribution is 2.30. The summed E-state index contributed by atoms with van der Waals surface area (Å²) >= 11 is 0. The second kappa shape index (κ2) is 7.16. The Morgan fingerprint density at radius 1 is 1.20 bits per heavy atom. The summed E-state index contributed by atoms with van der Waals surface area (Å²) < 4.78 is 27.0. The molecule has 0 radical (unpaired) electrons. The van der Waals surface area contributed by atoms with Crippen molar-refractivity contribution >= 4 is 0 Å². The Morgan fingerprint density at radius 2 is 1.85 bits per heavy atom. The van der Waals surface area contributed by atoms with Crippen LogP contribution in [0.1, 0.15) is 46.6 Å². The minimum Gasteiger partial charge on any atom is -0.314 e. The van der Waals surface area contributed by atoms with Crippen molar-refractivity contribution in [1.29, 1.82) is 0 Å². The van der Waals surface area contributed by atoms with E-state index in [0.29, 0.717) is 17.9 Å². The van der Waals surface area contributed by atoms with E-state index in [2.05, 4.69) is 33.0 Å². The van der Waals surface area contributed by atoms with E-state index < -0.39 is 0 Å². The van der Waals surface area contributed by atoms with Crippen molar-refractivity contribution in [2.45, 2.75) is 53.5 Å². The van der Waals surface area contributed by atoms with Gasteiger partial charge in [0.15, 0.2) is 0 Å². The van der Waals surface area contributed by atoms with E-state index in [1.54, 1.807) is 0 Å². The van der Waals surface area contributed by atoms with Gasteiger partial charge >= 0.3 is 0 Å². The molecule has 0 saturated heterocycles. The number of rotatable bonds is 6. The summed E-state index contributed by atoms with van der Waals surface area (Å²) in [5, 5.41) is 3.39. The van der Waals surface area contributed by atoms with Crippen LogP contribution in [0.4, 0.5) is 8.78 Å². The molecule has 1 aromatic rings. The molecule has 0 aliphatic carbocycles. The van der Waals surface area contributed by atoms with Gasteiger partial charge in [-0.1, -0.05) is 34.6 Å². The van der Waals surface area contributed by atoms with Crippen LogP contribution in [0.3, 0.4) is 0 Å². The lowest BCUT2D eigenvalue weighted by Crippen LogP contribution is -2.35. The van der Waals surface area contributed by atoms with Gasteiger partial charge in [0.25, 0.3) is 0 Å². The number of hydrogen-bond donors (Lipinski definition) is 1. The lowest BCUT2D eigenvalue weighted by atomic mass is 9.78. The summed E-state index contributed by atoms with van der Waals surface area (Å²) in [4.78, 5) is 0. The Labute approximate surface area is 121 Å². The number of likely N-dealkylation sites (N-methyl/N-ethyl adjacent to an activating group) is 1. The van der Waals surface area contributed by atoms with Crippen LogP contribution in [0, 0.1) is 23.0 Å². The second-order valence-electron chi connectivity index (χ2n) is 6.70. The first-order valence-corrected chi connectivity index (χ1v) is 7.41. The molecule has 20 heavy (non-hydrogen) atoms. The van der Waals surface area contributed by atoms with Gasteiger partial charge in [-0.3, -0.25) is 0 Å². The Morgan fingerprint density at radius 3 is 2.40 bits per heavy atom. The van der Waals surface area contributed by atoms with Gasteiger partial charge in [0.2, 0.25) is 0 Å². The lowest BCUT2D eigenvalue weighted by molar-refractivity contribution is 0.222. The average Bonchev–Trinajstić information content (AvgIpc) is 2.33. The van der Waals surface area contributed by atoms with Crippen LogP contribution in [0.2, 0.25) is 0 Å². The number of halogens is 2. The van der Waals surface area contributed by atoms with Crippen LogP contribution < -0.4 is 5.32 Å². The summed E-state index contributed by atoms with van der Waals surface area (Å²) in [5.74, 6) is -0.193. The largest absolute Gasteiger partial charge is 0.314 e. The first-order chi connectivity index (χ1) is 9.24. The van der Waals surface area contributed by atoms with Gasteiger partial charge in [-0.15, -0.1) is 0 Å². The second-order valence-corrected chi connectivity index (χ2v) is 6.70. The molecule has 0 bridgehead atoms. The van der Waals surface area contributed by atoms with Crippen molar-refractivity contribution in [2.75, 3.05) is 6.54 Å². The van der Waals surface area contributed by atoms with Crippen LogP contribution in [0.25, 0.3) is 0 Å². The highest BCUT2D eigenvalue weighted by atomic mass is 19.1. The van der Waals surface area contributed by atoms with Crippen LogP contribution in [0.15, 0.2) is 18.2 Å². The summed E-state index contributed by atoms with van der Waals surface area (Å²) in [6, 6.07) is 3.85. The monoisotopic (exact) mass is 283 g/mol. The van der Waals surface area contributed by atoms with E-state index in [1.807, 2.05) is 6.92 Å². The summed E-state index contributed by atoms with van der Waals surface area (Å²) in [6.07, 6.45) is 1.48. The zero-order valence-corrected chi connectivity index (χ0v) is 13.3. The van der Waals surface area contributed by atoms with Gasteiger partial charge < -0.3 is 5.32 Å². The molecule has 114 valence electrons. The van der Waals surface area contributed by atoms with Crippen molar-refractivity contribution < 1.29 is 8.78 Å².